The molecule has 0 bridgehead atoms. The Kier molecular flexibility index (Phi) is 5.37. The molecule has 8 heteroatoms. The number of carbonyl (C=O) groups is 1. The van der Waals surface area contributed by atoms with E-state index in [4.69, 9.17) is 15.2 Å². The van der Waals surface area contributed by atoms with Crippen LogP contribution < -0.4 is 15.8 Å². The zero-order chi connectivity index (χ0) is 16.2. The number of benzene rings is 1. The van der Waals surface area contributed by atoms with Gasteiger partial charge in [-0.15, -0.1) is 23.1 Å². The number of fused-ring (bicyclic) bond motifs is 1. The molecule has 1 aromatic heterocycles. The van der Waals surface area contributed by atoms with E-state index in [1.165, 1.54) is 7.11 Å². The van der Waals surface area contributed by atoms with Crippen LogP contribution in [0.3, 0.4) is 0 Å². The van der Waals surface area contributed by atoms with Crippen molar-refractivity contribution < 1.29 is 14.3 Å². The van der Waals surface area contributed by atoms with Crippen molar-refractivity contribution in [3.63, 3.8) is 0 Å². The summed E-state index contributed by atoms with van der Waals surface area (Å²) in [5.74, 6) is 1.30. The van der Waals surface area contributed by atoms with Crippen LogP contribution in [0.4, 0.5) is 0 Å². The predicted molar refractivity (Wildman–Crippen MR) is 92.9 cm³/mol. The van der Waals surface area contributed by atoms with Crippen molar-refractivity contribution in [2.24, 2.45) is 5.73 Å². The second-order valence-electron chi connectivity index (χ2n) is 5.13. The number of ether oxygens (including phenoxy) is 2. The summed E-state index contributed by atoms with van der Waals surface area (Å²) in [6.45, 7) is 1.24. The summed E-state index contributed by atoms with van der Waals surface area (Å²) >= 11 is 3.29. The van der Waals surface area contributed by atoms with Crippen molar-refractivity contribution >= 4 is 39.3 Å². The lowest BCUT2D eigenvalue weighted by Gasteiger charge is -2.08. The predicted octanol–water partition coefficient (Wildman–Crippen LogP) is 1.90. The highest BCUT2D eigenvalue weighted by Crippen LogP contribution is 2.38. The Labute approximate surface area is 142 Å². The summed E-state index contributed by atoms with van der Waals surface area (Å²) < 4.78 is 11.5. The van der Waals surface area contributed by atoms with Crippen LogP contribution in [0.15, 0.2) is 18.2 Å². The van der Waals surface area contributed by atoms with E-state index in [9.17, 15) is 4.79 Å². The zero-order valence-corrected chi connectivity index (χ0v) is 14.4. The summed E-state index contributed by atoms with van der Waals surface area (Å²) in [6.07, 6.45) is 0.837. The Bertz CT molecular complexity index is 692. The van der Waals surface area contributed by atoms with Crippen LogP contribution in [-0.4, -0.2) is 43.0 Å². The van der Waals surface area contributed by atoms with Crippen LogP contribution >= 0.6 is 23.1 Å². The molecular weight excluding hydrogens is 334 g/mol. The zero-order valence-electron chi connectivity index (χ0n) is 12.8. The molecule has 23 heavy (non-hydrogen) atoms. The van der Waals surface area contributed by atoms with Crippen LogP contribution in [0.25, 0.3) is 10.2 Å². The van der Waals surface area contributed by atoms with Gasteiger partial charge in [0.15, 0.2) is 0 Å². The molecule has 0 spiro atoms. The van der Waals surface area contributed by atoms with Gasteiger partial charge in [-0.25, -0.2) is 4.98 Å². The summed E-state index contributed by atoms with van der Waals surface area (Å²) in [5, 5.41) is 4.26. The quantitative estimate of drug-likeness (QED) is 0.606. The molecule has 6 nitrogen and oxygen atoms in total. The number of carbonyl (C=O) groups excluding carboxylic acids is 1. The van der Waals surface area contributed by atoms with E-state index in [0.717, 1.165) is 27.4 Å². The molecule has 1 aliphatic rings. The second-order valence-corrected chi connectivity index (χ2v) is 7.33. The van der Waals surface area contributed by atoms with Crippen molar-refractivity contribution in [2.45, 2.75) is 17.8 Å². The minimum absolute atomic E-state index is 0.0260. The Morgan fingerprint density at radius 2 is 2.39 bits per heavy atom. The Balaban J connectivity index is 1.72. The fourth-order valence-corrected chi connectivity index (χ4v) is 4.65. The topological polar surface area (TPSA) is 86.5 Å². The highest BCUT2D eigenvalue weighted by molar-refractivity contribution is 7.99. The van der Waals surface area contributed by atoms with Gasteiger partial charge in [-0.1, -0.05) is 0 Å². The highest BCUT2D eigenvalue weighted by atomic mass is 32.2. The Morgan fingerprint density at radius 1 is 1.52 bits per heavy atom. The third kappa shape index (κ3) is 3.77. The first-order valence-corrected chi connectivity index (χ1v) is 9.26. The first-order chi connectivity index (χ1) is 11.2. The molecule has 124 valence electrons. The van der Waals surface area contributed by atoms with E-state index in [-0.39, 0.29) is 17.4 Å². The van der Waals surface area contributed by atoms with Crippen LogP contribution in [-0.2, 0) is 9.53 Å². The molecule has 1 aliphatic heterocycles. The smallest absolute Gasteiger partial charge is 0.323 e. The van der Waals surface area contributed by atoms with E-state index in [2.05, 4.69) is 10.3 Å². The van der Waals surface area contributed by atoms with Gasteiger partial charge in [0.25, 0.3) is 0 Å². The third-order valence-corrected chi connectivity index (χ3v) is 5.94. The minimum atomic E-state index is -0.267. The van der Waals surface area contributed by atoms with Gasteiger partial charge in [0, 0.05) is 5.75 Å². The number of aromatic nitrogens is 1. The fraction of sp³-hybridized carbons (Fsp3) is 0.467. The maximum Gasteiger partial charge on any atom is 0.323 e. The fourth-order valence-electron chi connectivity index (χ4n) is 2.29. The largest absolute Gasteiger partial charge is 0.493 e. The number of nitrogens with zero attached hydrogens (tertiary/aromatic N) is 1. The Morgan fingerprint density at radius 3 is 3.17 bits per heavy atom. The number of esters is 1. The van der Waals surface area contributed by atoms with Crippen LogP contribution in [0, 0.1) is 0 Å². The lowest BCUT2D eigenvalue weighted by molar-refractivity contribution is -0.142. The normalized spacial score (nSPS) is 20.8. The number of nitrogens with two attached hydrogens (primary N) is 1. The van der Waals surface area contributed by atoms with Crippen molar-refractivity contribution in [3.8, 4) is 5.75 Å². The number of rotatable bonds is 6. The molecule has 3 N–H and O–H groups in total. The molecule has 2 aromatic rings. The first kappa shape index (κ1) is 16.5. The van der Waals surface area contributed by atoms with Gasteiger partial charge in [0.1, 0.15) is 22.2 Å². The van der Waals surface area contributed by atoms with E-state index >= 15 is 0 Å². The monoisotopic (exact) mass is 353 g/mol. The summed E-state index contributed by atoms with van der Waals surface area (Å²) in [6, 6.07) is 5.63. The van der Waals surface area contributed by atoms with Gasteiger partial charge in [-0.3, -0.25) is 10.1 Å². The molecule has 2 heterocycles. The van der Waals surface area contributed by atoms with Gasteiger partial charge >= 0.3 is 5.97 Å². The molecule has 2 atom stereocenters. The van der Waals surface area contributed by atoms with E-state index in [0.29, 0.717) is 18.9 Å². The average molecular weight is 353 g/mol. The SMILES string of the molecule is COC(=O)[C@H]1CSC(c2nc3ccc(OCCCN)cc3s2)N1. The van der Waals surface area contributed by atoms with Crippen molar-refractivity contribution in [3.05, 3.63) is 23.2 Å². The lowest BCUT2D eigenvalue weighted by Crippen LogP contribution is -2.34. The lowest BCUT2D eigenvalue weighted by atomic mass is 10.3. The molecule has 0 radical (unpaired) electrons. The van der Waals surface area contributed by atoms with Gasteiger partial charge < -0.3 is 15.2 Å². The maximum absolute atomic E-state index is 11.6. The molecular formula is C15H19N3O3S2. The molecule has 0 amide bonds. The van der Waals surface area contributed by atoms with Gasteiger partial charge in [0.05, 0.1) is 23.9 Å². The number of thiazole rings is 1. The van der Waals surface area contributed by atoms with Crippen LogP contribution in [0.2, 0.25) is 0 Å². The molecule has 1 aromatic carbocycles. The minimum Gasteiger partial charge on any atom is -0.493 e. The summed E-state index contributed by atoms with van der Waals surface area (Å²) in [4.78, 5) is 16.3. The molecule has 0 aliphatic carbocycles. The van der Waals surface area contributed by atoms with Crippen molar-refractivity contribution in [1.82, 2.24) is 10.3 Å². The van der Waals surface area contributed by atoms with E-state index in [1.807, 2.05) is 18.2 Å². The van der Waals surface area contributed by atoms with E-state index in [1.54, 1.807) is 23.1 Å². The first-order valence-electron chi connectivity index (χ1n) is 7.40. The molecule has 1 unspecified atom stereocenters. The number of nitrogens with one attached hydrogen (secondary N) is 1. The number of thioether (sulfide) groups is 1. The molecule has 0 saturated carbocycles. The number of methoxy groups -OCH3 is 1. The standard InChI is InChI=1S/C15H19N3O3S2/c1-20-15(19)11-8-22-13(18-11)14-17-10-4-3-9(7-12(10)23-14)21-6-2-5-16/h3-4,7,11,13,18H,2,5-6,8,16H2,1H3/t11-,13?/m1/s1. The molecule has 3 rings (SSSR count). The summed E-state index contributed by atoms with van der Waals surface area (Å²) in [5.41, 5.74) is 6.41. The van der Waals surface area contributed by atoms with Crippen molar-refractivity contribution in [2.75, 3.05) is 26.0 Å². The Hall–Kier alpha value is -1.35. The van der Waals surface area contributed by atoms with Gasteiger partial charge in [0.2, 0.25) is 0 Å². The number of hydrogen-bond acceptors (Lipinski definition) is 8. The van der Waals surface area contributed by atoms with Gasteiger partial charge in [-0.2, -0.15) is 0 Å². The third-order valence-electron chi connectivity index (χ3n) is 3.49. The number of hydrogen-bond donors (Lipinski definition) is 2. The van der Waals surface area contributed by atoms with E-state index < -0.39 is 0 Å². The highest BCUT2D eigenvalue weighted by Gasteiger charge is 2.32. The van der Waals surface area contributed by atoms with Gasteiger partial charge in [-0.05, 0) is 31.2 Å². The summed E-state index contributed by atoms with van der Waals surface area (Å²) in [7, 11) is 1.41. The van der Waals surface area contributed by atoms with Crippen LogP contribution in [0.5, 0.6) is 5.75 Å². The average Bonchev–Trinajstić information content (AvgIpc) is 3.20. The second kappa shape index (κ2) is 7.48. The molecule has 1 fully saturated rings. The van der Waals surface area contributed by atoms with Crippen molar-refractivity contribution in [1.29, 1.82) is 0 Å². The molecule has 1 saturated heterocycles. The van der Waals surface area contributed by atoms with Crippen LogP contribution in [0.1, 0.15) is 16.8 Å². The maximum atomic E-state index is 11.6.